The first-order chi connectivity index (χ1) is 9.96. The van der Waals surface area contributed by atoms with Crippen molar-refractivity contribution in [3.8, 4) is 0 Å². The summed E-state index contributed by atoms with van der Waals surface area (Å²) in [6.07, 6.45) is 7.05. The van der Waals surface area contributed by atoms with Crippen molar-refractivity contribution in [2.75, 3.05) is 6.54 Å². The maximum atomic E-state index is 6.07. The number of rotatable bonds is 7. The topological polar surface area (TPSA) is 34.4 Å². The lowest BCUT2D eigenvalue weighted by atomic mass is 9.76. The quantitative estimate of drug-likeness (QED) is 0.803. The van der Waals surface area contributed by atoms with Gasteiger partial charge in [0, 0.05) is 12.1 Å². The zero-order valence-corrected chi connectivity index (χ0v) is 14.1. The first kappa shape index (κ1) is 16.6. The minimum atomic E-state index is 0.402. The Morgan fingerprint density at radius 3 is 2.71 bits per heavy atom. The number of furan rings is 1. The summed E-state index contributed by atoms with van der Waals surface area (Å²) in [5, 5.41) is 3.46. The van der Waals surface area contributed by atoms with Crippen molar-refractivity contribution < 1.29 is 9.15 Å². The fraction of sp³-hybridized carbons (Fsp3) is 0.778. The van der Waals surface area contributed by atoms with Gasteiger partial charge in [-0.15, -0.1) is 0 Å². The highest BCUT2D eigenvalue weighted by Crippen LogP contribution is 2.36. The Morgan fingerprint density at radius 1 is 1.33 bits per heavy atom. The van der Waals surface area contributed by atoms with Crippen molar-refractivity contribution in [2.24, 2.45) is 11.3 Å². The smallest absolute Gasteiger partial charge is 0.133 e. The van der Waals surface area contributed by atoms with Crippen LogP contribution in [0, 0.1) is 11.3 Å². The van der Waals surface area contributed by atoms with Crippen LogP contribution in [0.1, 0.15) is 64.7 Å². The molecule has 0 atom stereocenters. The Hall–Kier alpha value is -0.800. The van der Waals surface area contributed by atoms with E-state index in [9.17, 15) is 0 Å². The number of hydrogen-bond acceptors (Lipinski definition) is 3. The van der Waals surface area contributed by atoms with Crippen LogP contribution < -0.4 is 5.32 Å². The molecule has 0 radical (unpaired) electrons. The van der Waals surface area contributed by atoms with Crippen molar-refractivity contribution in [1.82, 2.24) is 5.32 Å². The summed E-state index contributed by atoms with van der Waals surface area (Å²) in [5.41, 5.74) is 1.73. The molecule has 1 N–H and O–H groups in total. The highest BCUT2D eigenvalue weighted by atomic mass is 16.5. The molecule has 120 valence electrons. The normalized spacial score (nSPS) is 19.3. The fourth-order valence-corrected chi connectivity index (χ4v) is 2.88. The lowest BCUT2D eigenvalue weighted by Gasteiger charge is -2.34. The third-order valence-electron chi connectivity index (χ3n) is 4.44. The minimum Gasteiger partial charge on any atom is -0.467 e. The Kier molecular flexibility index (Phi) is 5.88. The van der Waals surface area contributed by atoms with E-state index in [-0.39, 0.29) is 0 Å². The van der Waals surface area contributed by atoms with Gasteiger partial charge in [0.25, 0.3) is 0 Å². The highest BCUT2D eigenvalue weighted by Gasteiger charge is 2.27. The molecule has 2 rings (SSSR count). The molecule has 0 amide bonds. The lowest BCUT2D eigenvalue weighted by molar-refractivity contribution is -0.0124. The highest BCUT2D eigenvalue weighted by molar-refractivity contribution is 5.16. The van der Waals surface area contributed by atoms with Crippen molar-refractivity contribution in [1.29, 1.82) is 0 Å². The number of ether oxygens (including phenoxy) is 1. The maximum Gasteiger partial charge on any atom is 0.133 e. The van der Waals surface area contributed by atoms with Crippen LogP contribution in [0.2, 0.25) is 0 Å². The lowest BCUT2D eigenvalue weighted by Crippen LogP contribution is -2.26. The second-order valence-electron chi connectivity index (χ2n) is 7.57. The Bertz CT molecular complexity index is 413. The molecular weight excluding hydrogens is 262 g/mol. The SMILES string of the molecule is CC(C)CNCc1ccoc1COC1CCC(C)(C)CC1. The van der Waals surface area contributed by atoms with Gasteiger partial charge >= 0.3 is 0 Å². The second kappa shape index (κ2) is 7.46. The van der Waals surface area contributed by atoms with E-state index in [0.717, 1.165) is 18.8 Å². The predicted octanol–water partition coefficient (Wildman–Crippen LogP) is 4.51. The van der Waals surface area contributed by atoms with E-state index >= 15 is 0 Å². The van der Waals surface area contributed by atoms with Gasteiger partial charge in [0.1, 0.15) is 12.4 Å². The van der Waals surface area contributed by atoms with E-state index in [1.807, 2.05) is 0 Å². The molecule has 1 aromatic heterocycles. The van der Waals surface area contributed by atoms with Crippen LogP contribution in [-0.4, -0.2) is 12.6 Å². The fourth-order valence-electron chi connectivity index (χ4n) is 2.88. The summed E-state index contributed by atoms with van der Waals surface area (Å²) in [6, 6.07) is 2.05. The maximum absolute atomic E-state index is 6.07. The zero-order chi connectivity index (χ0) is 15.3. The Labute approximate surface area is 129 Å². The van der Waals surface area contributed by atoms with Gasteiger partial charge in [-0.25, -0.2) is 0 Å². The van der Waals surface area contributed by atoms with Gasteiger partial charge in [0.2, 0.25) is 0 Å². The van der Waals surface area contributed by atoms with Gasteiger partial charge < -0.3 is 14.5 Å². The first-order valence-corrected chi connectivity index (χ1v) is 8.34. The minimum absolute atomic E-state index is 0.402. The molecule has 3 nitrogen and oxygen atoms in total. The molecule has 0 saturated heterocycles. The summed E-state index contributed by atoms with van der Waals surface area (Å²) < 4.78 is 11.7. The summed E-state index contributed by atoms with van der Waals surface area (Å²) in [5.74, 6) is 1.65. The Balaban J connectivity index is 1.75. The summed E-state index contributed by atoms with van der Waals surface area (Å²) in [6.45, 7) is 11.7. The van der Waals surface area contributed by atoms with Crippen LogP contribution in [0.15, 0.2) is 16.7 Å². The molecule has 0 aromatic carbocycles. The molecule has 21 heavy (non-hydrogen) atoms. The molecule has 0 spiro atoms. The third-order valence-corrected chi connectivity index (χ3v) is 4.44. The summed E-state index contributed by atoms with van der Waals surface area (Å²) in [7, 11) is 0. The molecule has 0 bridgehead atoms. The largest absolute Gasteiger partial charge is 0.467 e. The van der Waals surface area contributed by atoms with Crippen LogP contribution in [0.5, 0.6) is 0 Å². The molecule has 3 heteroatoms. The molecule has 1 heterocycles. The van der Waals surface area contributed by atoms with Crippen LogP contribution in [-0.2, 0) is 17.9 Å². The molecule has 1 aromatic rings. The zero-order valence-electron chi connectivity index (χ0n) is 14.1. The molecular formula is C18H31NO2. The summed E-state index contributed by atoms with van der Waals surface area (Å²) in [4.78, 5) is 0. The van der Waals surface area contributed by atoms with Crippen LogP contribution in [0.25, 0.3) is 0 Å². The molecule has 0 aliphatic heterocycles. The van der Waals surface area contributed by atoms with E-state index in [4.69, 9.17) is 9.15 Å². The standard InChI is InChI=1S/C18H31NO2/c1-14(2)11-19-12-15-7-10-20-17(15)13-21-16-5-8-18(3,4)9-6-16/h7,10,14,16,19H,5-6,8-9,11-13H2,1-4H3. The molecule has 1 aliphatic rings. The number of hydrogen-bond donors (Lipinski definition) is 1. The van der Waals surface area contributed by atoms with Gasteiger partial charge in [-0.1, -0.05) is 27.7 Å². The molecule has 0 unspecified atom stereocenters. The average Bonchev–Trinajstić information content (AvgIpc) is 2.85. The van der Waals surface area contributed by atoms with E-state index in [1.54, 1.807) is 6.26 Å². The van der Waals surface area contributed by atoms with Gasteiger partial charge in [0.15, 0.2) is 0 Å². The van der Waals surface area contributed by atoms with E-state index in [1.165, 1.54) is 31.2 Å². The van der Waals surface area contributed by atoms with Crippen molar-refractivity contribution in [3.63, 3.8) is 0 Å². The van der Waals surface area contributed by atoms with Crippen molar-refractivity contribution in [3.05, 3.63) is 23.7 Å². The monoisotopic (exact) mass is 293 g/mol. The van der Waals surface area contributed by atoms with E-state index in [2.05, 4.69) is 39.1 Å². The first-order valence-electron chi connectivity index (χ1n) is 8.34. The Morgan fingerprint density at radius 2 is 2.05 bits per heavy atom. The van der Waals surface area contributed by atoms with Gasteiger partial charge in [-0.05, 0) is 49.6 Å². The summed E-state index contributed by atoms with van der Waals surface area (Å²) >= 11 is 0. The van der Waals surface area contributed by atoms with E-state index in [0.29, 0.717) is 24.0 Å². The van der Waals surface area contributed by atoms with Crippen LogP contribution in [0.3, 0.4) is 0 Å². The molecule has 1 aliphatic carbocycles. The van der Waals surface area contributed by atoms with Crippen molar-refractivity contribution in [2.45, 2.75) is 72.6 Å². The third kappa shape index (κ3) is 5.48. The number of nitrogens with one attached hydrogen (secondary N) is 1. The van der Waals surface area contributed by atoms with Gasteiger partial charge in [-0.2, -0.15) is 0 Å². The molecule has 1 fully saturated rings. The van der Waals surface area contributed by atoms with Crippen LogP contribution in [0.4, 0.5) is 0 Å². The van der Waals surface area contributed by atoms with E-state index < -0.39 is 0 Å². The van der Waals surface area contributed by atoms with Gasteiger partial charge in [-0.3, -0.25) is 0 Å². The van der Waals surface area contributed by atoms with Gasteiger partial charge in [0.05, 0.1) is 12.4 Å². The van der Waals surface area contributed by atoms with Crippen LogP contribution >= 0.6 is 0 Å². The average molecular weight is 293 g/mol. The second-order valence-corrected chi connectivity index (χ2v) is 7.57. The molecule has 1 saturated carbocycles. The van der Waals surface area contributed by atoms with Crippen molar-refractivity contribution >= 4 is 0 Å². The predicted molar refractivity (Wildman–Crippen MR) is 86.1 cm³/mol.